The van der Waals surface area contributed by atoms with Crippen LogP contribution in [-0.2, 0) is 4.79 Å². The van der Waals surface area contributed by atoms with Crippen LogP contribution in [0, 0.1) is 10.1 Å². The minimum atomic E-state index is -0.606. The number of hydrogen-bond acceptors (Lipinski definition) is 8. The van der Waals surface area contributed by atoms with Gasteiger partial charge in [0.2, 0.25) is 0 Å². The molecule has 0 saturated carbocycles. The first-order valence-electron chi connectivity index (χ1n) is 7.83. The summed E-state index contributed by atoms with van der Waals surface area (Å²) in [6.45, 7) is 0. The van der Waals surface area contributed by atoms with Crippen LogP contribution in [0.3, 0.4) is 0 Å². The molecule has 154 valence electrons. The molecule has 9 nitrogen and oxygen atoms in total. The van der Waals surface area contributed by atoms with E-state index in [-0.39, 0.29) is 36.8 Å². The molecule has 1 heterocycles. The average Bonchev–Trinajstić information content (AvgIpc) is 3.04. The summed E-state index contributed by atoms with van der Waals surface area (Å²) in [5.74, 6) is -0.850. The molecule has 0 aromatic heterocycles. The number of amidine groups is 1. The van der Waals surface area contributed by atoms with Gasteiger partial charge in [0.25, 0.3) is 11.6 Å². The summed E-state index contributed by atoms with van der Waals surface area (Å²) in [5.41, 5.74) is 0.444. The van der Waals surface area contributed by atoms with Gasteiger partial charge in [0, 0.05) is 17.2 Å². The van der Waals surface area contributed by atoms with Crippen LogP contribution in [0.25, 0.3) is 6.08 Å². The second kappa shape index (κ2) is 9.16. The fourth-order valence-electron chi connectivity index (χ4n) is 2.24. The lowest BCUT2D eigenvalue weighted by Gasteiger charge is -2.06. The quantitative estimate of drug-likeness (QED) is 0.207. The lowest BCUT2D eigenvalue weighted by Crippen LogP contribution is -2.19. The van der Waals surface area contributed by atoms with Crippen molar-refractivity contribution < 1.29 is 19.9 Å². The van der Waals surface area contributed by atoms with E-state index in [0.717, 1.165) is 11.8 Å². The molecule has 0 aliphatic carbocycles. The van der Waals surface area contributed by atoms with Crippen LogP contribution in [0.2, 0.25) is 5.02 Å². The number of amides is 1. The Kier molecular flexibility index (Phi) is 6.81. The highest BCUT2D eigenvalue weighted by molar-refractivity contribution is 9.11. The van der Waals surface area contributed by atoms with Gasteiger partial charge in [-0.15, -0.1) is 5.10 Å². The maximum absolute atomic E-state index is 12.2. The third kappa shape index (κ3) is 4.83. The molecule has 0 bridgehead atoms. The molecular formula is C17H9Br2ClN4O5S. The summed E-state index contributed by atoms with van der Waals surface area (Å²) in [6, 6.07) is 5.62. The van der Waals surface area contributed by atoms with Crippen molar-refractivity contribution in [2.75, 3.05) is 0 Å². The van der Waals surface area contributed by atoms with Crippen molar-refractivity contribution in [1.29, 1.82) is 0 Å². The number of halogens is 3. The molecule has 0 atom stereocenters. The number of carbonyl (C=O) groups excluding carboxylic acids is 1. The Labute approximate surface area is 194 Å². The van der Waals surface area contributed by atoms with E-state index in [1.807, 2.05) is 0 Å². The lowest BCUT2D eigenvalue weighted by molar-refractivity contribution is -0.384. The number of phenols is 2. The molecule has 13 heteroatoms. The van der Waals surface area contributed by atoms with E-state index in [2.05, 4.69) is 47.4 Å². The Morgan fingerprint density at radius 2 is 1.97 bits per heavy atom. The molecule has 1 saturated heterocycles. The molecule has 1 fully saturated rings. The molecule has 1 aliphatic rings. The number of nitro benzene ring substituents is 1. The Morgan fingerprint density at radius 1 is 1.23 bits per heavy atom. The van der Waals surface area contributed by atoms with E-state index >= 15 is 0 Å². The molecule has 3 rings (SSSR count). The van der Waals surface area contributed by atoms with Crippen molar-refractivity contribution >= 4 is 84.3 Å². The van der Waals surface area contributed by atoms with Gasteiger partial charge in [0.05, 0.1) is 20.5 Å². The third-order valence-corrected chi connectivity index (χ3v) is 6.23. The average molecular weight is 577 g/mol. The fourth-order valence-corrected chi connectivity index (χ4v) is 4.35. The Hall–Kier alpha value is -2.41. The highest BCUT2D eigenvalue weighted by Crippen LogP contribution is 2.42. The van der Waals surface area contributed by atoms with Gasteiger partial charge in [-0.2, -0.15) is 5.10 Å². The first-order valence-corrected chi connectivity index (χ1v) is 10.6. The zero-order chi connectivity index (χ0) is 22.0. The summed E-state index contributed by atoms with van der Waals surface area (Å²) in [4.78, 5) is 22.7. The molecule has 0 radical (unpaired) electrons. The van der Waals surface area contributed by atoms with Crippen LogP contribution in [0.4, 0.5) is 5.69 Å². The molecular weight excluding hydrogens is 568 g/mol. The van der Waals surface area contributed by atoms with Crippen LogP contribution in [0.15, 0.2) is 48.3 Å². The van der Waals surface area contributed by atoms with Gasteiger partial charge in [-0.05, 0) is 61.8 Å². The van der Waals surface area contributed by atoms with Gasteiger partial charge in [0.15, 0.2) is 5.17 Å². The largest absolute Gasteiger partial charge is 0.506 e. The number of phenolic OH excluding ortho intramolecular Hbond substituents is 2. The predicted octanol–water partition coefficient (Wildman–Crippen LogP) is 4.78. The van der Waals surface area contributed by atoms with E-state index in [1.54, 1.807) is 0 Å². The minimum absolute atomic E-state index is 0.00705. The van der Waals surface area contributed by atoms with Gasteiger partial charge >= 0.3 is 0 Å². The van der Waals surface area contributed by atoms with Crippen LogP contribution in [0.5, 0.6) is 11.5 Å². The summed E-state index contributed by atoms with van der Waals surface area (Å²) in [7, 11) is 0. The first-order chi connectivity index (χ1) is 14.2. The number of rotatable bonds is 4. The highest BCUT2D eigenvalue weighted by atomic mass is 79.9. The molecule has 0 unspecified atom stereocenters. The summed E-state index contributed by atoms with van der Waals surface area (Å²) in [6.07, 6.45) is 2.71. The van der Waals surface area contributed by atoms with Gasteiger partial charge in [0.1, 0.15) is 21.0 Å². The number of benzene rings is 2. The van der Waals surface area contributed by atoms with E-state index in [4.69, 9.17) is 11.6 Å². The number of hydrogen-bond donors (Lipinski definition) is 3. The van der Waals surface area contributed by atoms with Crippen LogP contribution < -0.4 is 5.32 Å². The number of carbonyl (C=O) groups is 1. The molecule has 2 aromatic carbocycles. The van der Waals surface area contributed by atoms with Gasteiger partial charge in [-0.1, -0.05) is 17.7 Å². The predicted molar refractivity (Wildman–Crippen MR) is 122 cm³/mol. The Bertz CT molecular complexity index is 1170. The monoisotopic (exact) mass is 574 g/mol. The van der Waals surface area contributed by atoms with Crippen LogP contribution in [-0.4, -0.2) is 32.4 Å². The standard InChI is InChI=1S/C17H9Br2ClN4O5S/c18-9-4-8(14(25)13(19)15(9)26)5-12-16(27)22-17(30-12)23-21-6-7-1-2-10(20)11(3-7)24(28)29/h1-6,25-26H,(H,22,23,27)/b12-5+,21-6-. The van der Waals surface area contributed by atoms with Crippen molar-refractivity contribution in [2.24, 2.45) is 10.2 Å². The maximum atomic E-state index is 12.2. The lowest BCUT2D eigenvalue weighted by atomic mass is 10.1. The summed E-state index contributed by atoms with van der Waals surface area (Å²) < 4.78 is 0.417. The second-order valence-electron chi connectivity index (χ2n) is 5.64. The molecule has 0 spiro atoms. The summed E-state index contributed by atoms with van der Waals surface area (Å²) >= 11 is 13.0. The normalized spacial score (nSPS) is 16.6. The molecule has 3 N–H and O–H groups in total. The van der Waals surface area contributed by atoms with E-state index in [9.17, 15) is 25.1 Å². The minimum Gasteiger partial charge on any atom is -0.506 e. The third-order valence-electron chi connectivity index (χ3n) is 3.66. The Balaban J connectivity index is 1.80. The van der Waals surface area contributed by atoms with Crippen molar-refractivity contribution in [3.8, 4) is 11.5 Å². The molecule has 1 amide bonds. The van der Waals surface area contributed by atoms with Gasteiger partial charge in [-0.25, -0.2) is 0 Å². The number of nitrogens with zero attached hydrogens (tertiary/aromatic N) is 3. The van der Waals surface area contributed by atoms with E-state index in [0.29, 0.717) is 15.6 Å². The first kappa shape index (κ1) is 22.3. The van der Waals surface area contributed by atoms with Crippen molar-refractivity contribution in [1.82, 2.24) is 5.32 Å². The number of nitrogens with one attached hydrogen (secondary N) is 1. The molecule has 30 heavy (non-hydrogen) atoms. The smallest absolute Gasteiger partial charge is 0.288 e. The second-order valence-corrected chi connectivity index (χ2v) is 8.73. The SMILES string of the molecule is O=C1N/C(=N/N=C\c2ccc(Cl)c([N+](=O)[O-])c2)S/C1=C/c1cc(Br)c(O)c(Br)c1O. The van der Waals surface area contributed by atoms with Gasteiger partial charge < -0.3 is 10.2 Å². The maximum Gasteiger partial charge on any atom is 0.288 e. The highest BCUT2D eigenvalue weighted by Gasteiger charge is 2.25. The topological polar surface area (TPSA) is 137 Å². The number of thioether (sulfide) groups is 1. The van der Waals surface area contributed by atoms with Crippen LogP contribution in [0.1, 0.15) is 11.1 Å². The summed E-state index contributed by atoms with van der Waals surface area (Å²) in [5, 5.41) is 41.3. The van der Waals surface area contributed by atoms with E-state index in [1.165, 1.54) is 36.6 Å². The Morgan fingerprint density at radius 3 is 2.67 bits per heavy atom. The van der Waals surface area contributed by atoms with Crippen molar-refractivity contribution in [3.63, 3.8) is 0 Å². The van der Waals surface area contributed by atoms with E-state index < -0.39 is 10.8 Å². The molecule has 1 aliphatic heterocycles. The van der Waals surface area contributed by atoms with Crippen LogP contribution >= 0.6 is 55.2 Å². The van der Waals surface area contributed by atoms with Crippen molar-refractivity contribution in [2.45, 2.75) is 0 Å². The molecule has 2 aromatic rings. The fraction of sp³-hybridized carbons (Fsp3) is 0. The van der Waals surface area contributed by atoms with Crippen molar-refractivity contribution in [3.05, 3.63) is 64.4 Å². The number of aromatic hydroxyl groups is 2. The van der Waals surface area contributed by atoms with Gasteiger partial charge in [-0.3, -0.25) is 20.2 Å². The zero-order valence-corrected chi connectivity index (χ0v) is 19.2. The number of nitro groups is 1. The zero-order valence-electron chi connectivity index (χ0n) is 14.5.